The molecule has 0 aromatic carbocycles. The summed E-state index contributed by atoms with van der Waals surface area (Å²) in [6.07, 6.45) is -5.31. The molecule has 1 rings (SSSR count). The van der Waals surface area contributed by atoms with Crippen LogP contribution >= 0.6 is 0 Å². The summed E-state index contributed by atoms with van der Waals surface area (Å²) in [4.78, 5) is 8.00. The van der Waals surface area contributed by atoms with Gasteiger partial charge >= 0.3 is 0 Å². The first-order chi connectivity index (χ1) is 7.46. The average molecular weight is 237 g/mol. The van der Waals surface area contributed by atoms with Gasteiger partial charge in [-0.2, -0.15) is 0 Å². The summed E-state index contributed by atoms with van der Waals surface area (Å²) in [7, 11) is 2.56. The lowest BCUT2D eigenvalue weighted by atomic mass is 9.97. The summed E-state index contributed by atoms with van der Waals surface area (Å²) in [5.41, 5.74) is 0. The zero-order chi connectivity index (χ0) is 12.9. The zero-order valence-corrected chi connectivity index (χ0v) is 9.45. The maximum atomic E-state index is 11.3. The molecule has 0 bridgehead atoms. The number of carbonyl (C=O) groups is 1. The highest BCUT2D eigenvalue weighted by molar-refractivity contribution is 5.11. The minimum atomic E-state index is -1.58. The van der Waals surface area contributed by atoms with Gasteiger partial charge < -0.3 is 34.3 Å². The predicted octanol–water partition coefficient (Wildman–Crippen LogP) is -2.38. The Hall–Kier alpha value is -0.570. The summed E-state index contributed by atoms with van der Waals surface area (Å²) >= 11 is 0. The molecule has 5 unspecified atom stereocenters. The van der Waals surface area contributed by atoms with E-state index < -0.39 is 30.4 Å². The fourth-order valence-electron chi connectivity index (χ4n) is 1.44. The van der Waals surface area contributed by atoms with Crippen molar-refractivity contribution in [2.75, 3.05) is 14.2 Å². The second-order valence-electron chi connectivity index (χ2n) is 3.34. The lowest BCUT2D eigenvalue weighted by Gasteiger charge is -2.49. The largest absolute Gasteiger partial charge is 0.829 e. The smallest absolute Gasteiger partial charge is 0.192 e. The monoisotopic (exact) mass is 237 g/mol. The van der Waals surface area contributed by atoms with Gasteiger partial charge in [0.1, 0.15) is 19.0 Å². The maximum Gasteiger partial charge on any atom is 0.192 e. The van der Waals surface area contributed by atoms with E-state index in [0.29, 0.717) is 0 Å². The Morgan fingerprint density at radius 3 is 2.25 bits per heavy atom. The van der Waals surface area contributed by atoms with E-state index in [1.807, 2.05) is 6.79 Å². The second kappa shape index (κ2) is 6.24. The highest BCUT2D eigenvalue weighted by Crippen LogP contribution is 2.29. The van der Waals surface area contributed by atoms with E-state index in [9.17, 15) is 15.3 Å². The van der Waals surface area contributed by atoms with Gasteiger partial charge in [-0.1, -0.05) is 0 Å². The molecule has 1 saturated heterocycles. The Morgan fingerprint density at radius 1 is 1.38 bits per heavy atom. The third-order valence-corrected chi connectivity index (χ3v) is 2.49. The summed E-state index contributed by atoms with van der Waals surface area (Å²) in [5, 5.41) is 30.5. The highest BCUT2D eigenvalue weighted by atomic mass is 16.8. The lowest BCUT2D eigenvalue weighted by Crippen LogP contribution is -2.67. The van der Waals surface area contributed by atoms with Crippen molar-refractivity contribution in [2.45, 2.75) is 37.3 Å². The van der Waals surface area contributed by atoms with Crippen LogP contribution in [0.5, 0.6) is 0 Å². The molecule has 96 valence electrons. The Kier molecular flexibility index (Phi) is 6.01. The summed E-state index contributed by atoms with van der Waals surface area (Å²) < 4.78 is 14.5. The number of ether oxygens (including phenoxy) is 3. The highest BCUT2D eigenvalue weighted by Gasteiger charge is 2.48. The van der Waals surface area contributed by atoms with Crippen LogP contribution in [0.15, 0.2) is 0 Å². The molecule has 7 heteroatoms. The van der Waals surface area contributed by atoms with Crippen LogP contribution in [-0.2, 0) is 19.0 Å². The minimum Gasteiger partial charge on any atom is -0.829 e. The van der Waals surface area contributed by atoms with Gasteiger partial charge in [0.2, 0.25) is 0 Å². The Labute approximate surface area is 93.5 Å². The Morgan fingerprint density at radius 2 is 1.88 bits per heavy atom. The van der Waals surface area contributed by atoms with Gasteiger partial charge in [0.05, 0.1) is 6.10 Å². The fraction of sp³-hybridized carbons (Fsp3) is 0.889. The van der Waals surface area contributed by atoms with E-state index >= 15 is 0 Å². The summed E-state index contributed by atoms with van der Waals surface area (Å²) in [6, 6.07) is 0. The van der Waals surface area contributed by atoms with Crippen LogP contribution in [0.1, 0.15) is 6.92 Å². The second-order valence-corrected chi connectivity index (χ2v) is 3.34. The minimum absolute atomic E-state index is 1.09. The summed E-state index contributed by atoms with van der Waals surface area (Å²) in [5.74, 6) is -1.49. The summed E-state index contributed by atoms with van der Waals surface area (Å²) in [6.45, 7) is 3.39. The van der Waals surface area contributed by atoms with Crippen LogP contribution in [0.2, 0.25) is 0 Å². The van der Waals surface area contributed by atoms with Gasteiger partial charge in [0, 0.05) is 20.5 Å². The van der Waals surface area contributed by atoms with Gasteiger partial charge in [-0.05, 0) is 6.92 Å². The molecule has 1 aliphatic rings. The van der Waals surface area contributed by atoms with Gasteiger partial charge in [0.25, 0.3) is 0 Å². The van der Waals surface area contributed by atoms with E-state index in [-0.39, 0.29) is 0 Å². The van der Waals surface area contributed by atoms with Crippen molar-refractivity contribution in [1.82, 2.24) is 0 Å². The third kappa shape index (κ3) is 2.76. The van der Waals surface area contributed by atoms with E-state index in [4.69, 9.17) is 19.0 Å². The molecular formula is C9H17O7-. The molecule has 1 heterocycles. The number of aliphatic hydroxyl groups excluding tert-OH is 2. The topological polar surface area (TPSA) is 108 Å². The van der Waals surface area contributed by atoms with Crippen molar-refractivity contribution in [3.05, 3.63) is 0 Å². The molecule has 0 spiro atoms. The first-order valence-corrected chi connectivity index (χ1v) is 4.53. The quantitative estimate of drug-likeness (QED) is 0.552. The first kappa shape index (κ1) is 15.4. The number of rotatable bonds is 2. The van der Waals surface area contributed by atoms with E-state index in [0.717, 1.165) is 0 Å². The van der Waals surface area contributed by atoms with E-state index in [1.165, 1.54) is 21.1 Å². The molecule has 0 aromatic rings. The molecule has 16 heavy (non-hydrogen) atoms. The number of hydrogen-bond donors (Lipinski definition) is 2. The molecule has 5 atom stereocenters. The average Bonchev–Trinajstić information content (AvgIpc) is 2.29. The normalized spacial score (nSPS) is 43.4. The van der Waals surface area contributed by atoms with Crippen LogP contribution in [0.25, 0.3) is 0 Å². The molecular weight excluding hydrogens is 220 g/mol. The van der Waals surface area contributed by atoms with Crippen LogP contribution in [0, 0.1) is 0 Å². The standard InChI is InChI=1S/C8H15O6.CH2O/c1-8(13-3)6(10)4(9)5(12-2)7(11)14-8;1-2/h4-7,9-10H,1-3H3;1H2/q-1;. The predicted molar refractivity (Wildman–Crippen MR) is 50.2 cm³/mol. The first-order valence-electron chi connectivity index (χ1n) is 4.53. The third-order valence-electron chi connectivity index (χ3n) is 2.49. The SMILES string of the molecule is C=O.COC1C([O-])OC(C)(OC)C(O)C1O. The van der Waals surface area contributed by atoms with Crippen molar-refractivity contribution in [3.8, 4) is 0 Å². The number of methoxy groups -OCH3 is 2. The molecule has 0 saturated carbocycles. The Balaban J connectivity index is 0.00000106. The molecule has 2 N–H and O–H groups in total. The van der Waals surface area contributed by atoms with Crippen LogP contribution in [0.3, 0.4) is 0 Å². The van der Waals surface area contributed by atoms with Gasteiger partial charge in [-0.3, -0.25) is 0 Å². The lowest BCUT2D eigenvalue weighted by molar-refractivity contribution is -0.559. The molecule has 7 nitrogen and oxygen atoms in total. The fourth-order valence-corrected chi connectivity index (χ4v) is 1.44. The van der Waals surface area contributed by atoms with Crippen molar-refractivity contribution >= 4 is 6.79 Å². The molecule has 1 fully saturated rings. The maximum absolute atomic E-state index is 11.3. The molecule has 0 aliphatic carbocycles. The van der Waals surface area contributed by atoms with Crippen molar-refractivity contribution < 1.29 is 34.3 Å². The van der Waals surface area contributed by atoms with Crippen LogP contribution < -0.4 is 5.11 Å². The van der Waals surface area contributed by atoms with E-state index in [1.54, 1.807) is 0 Å². The van der Waals surface area contributed by atoms with Crippen molar-refractivity contribution in [2.24, 2.45) is 0 Å². The number of aliphatic hydroxyl groups is 2. The van der Waals surface area contributed by atoms with Crippen molar-refractivity contribution in [1.29, 1.82) is 0 Å². The van der Waals surface area contributed by atoms with E-state index in [2.05, 4.69) is 0 Å². The molecule has 0 radical (unpaired) electrons. The zero-order valence-electron chi connectivity index (χ0n) is 9.45. The molecule has 0 aromatic heterocycles. The Bertz CT molecular complexity index is 212. The van der Waals surface area contributed by atoms with Gasteiger partial charge in [0.15, 0.2) is 5.79 Å². The van der Waals surface area contributed by atoms with Crippen LogP contribution in [-0.4, -0.2) is 61.6 Å². The molecule has 0 amide bonds. The van der Waals surface area contributed by atoms with Gasteiger partial charge in [-0.15, -0.1) is 0 Å². The number of hydrogen-bond acceptors (Lipinski definition) is 7. The van der Waals surface area contributed by atoms with Crippen molar-refractivity contribution in [3.63, 3.8) is 0 Å². The molecule has 1 aliphatic heterocycles. The van der Waals surface area contributed by atoms with Crippen LogP contribution in [0.4, 0.5) is 0 Å². The number of carbonyl (C=O) groups excluding carboxylic acids is 1. The van der Waals surface area contributed by atoms with Gasteiger partial charge in [-0.25, -0.2) is 0 Å².